The number of nitrogens with one attached hydrogen (secondary N) is 1. The molecule has 1 saturated carbocycles. The third-order valence-corrected chi connectivity index (χ3v) is 5.25. The highest BCUT2D eigenvalue weighted by atomic mass is 16.2. The van der Waals surface area contributed by atoms with E-state index in [-0.39, 0.29) is 5.91 Å². The number of hydrogen-bond donors (Lipinski definition) is 1. The zero-order valence-corrected chi connectivity index (χ0v) is 16.8. The lowest BCUT2D eigenvalue weighted by Gasteiger charge is -2.09. The molecule has 1 aliphatic carbocycles. The molecule has 0 atom stereocenters. The number of rotatable bonds is 5. The zero-order chi connectivity index (χ0) is 20.7. The number of benzene rings is 2. The van der Waals surface area contributed by atoms with Gasteiger partial charge in [0.1, 0.15) is 6.33 Å². The third kappa shape index (κ3) is 3.36. The summed E-state index contributed by atoms with van der Waals surface area (Å²) in [7, 11) is 1.88. The maximum atomic E-state index is 13.1. The lowest BCUT2D eigenvalue weighted by Crippen LogP contribution is -2.15. The minimum Gasteiger partial charge on any atom is -0.321 e. The molecule has 150 valence electrons. The van der Waals surface area contributed by atoms with Crippen molar-refractivity contribution in [1.82, 2.24) is 29.8 Å². The molecule has 4 aromatic rings. The van der Waals surface area contributed by atoms with Gasteiger partial charge in [-0.25, -0.2) is 4.68 Å². The summed E-state index contributed by atoms with van der Waals surface area (Å²) in [6, 6.07) is 15.6. The molecule has 1 N–H and O–H groups in total. The predicted molar refractivity (Wildman–Crippen MR) is 112 cm³/mol. The number of aryl methyl sites for hydroxylation is 2. The number of hydrogen-bond acceptors (Lipinski definition) is 5. The van der Waals surface area contributed by atoms with Gasteiger partial charge in [0, 0.05) is 24.2 Å². The van der Waals surface area contributed by atoms with E-state index in [4.69, 9.17) is 0 Å². The van der Waals surface area contributed by atoms with Crippen LogP contribution >= 0.6 is 0 Å². The first-order valence-corrected chi connectivity index (χ1v) is 9.88. The van der Waals surface area contributed by atoms with Crippen LogP contribution in [0.15, 0.2) is 54.9 Å². The molecule has 1 aliphatic rings. The summed E-state index contributed by atoms with van der Waals surface area (Å²) in [5.41, 5.74) is 4.89. The molecule has 0 saturated heterocycles. The fraction of sp³-hybridized carbons (Fsp3) is 0.227. The molecule has 8 heteroatoms. The van der Waals surface area contributed by atoms with E-state index in [1.807, 2.05) is 67.1 Å². The van der Waals surface area contributed by atoms with Gasteiger partial charge < -0.3 is 9.88 Å². The van der Waals surface area contributed by atoms with E-state index in [0.717, 1.165) is 35.6 Å². The number of nitrogens with zero attached hydrogens (tertiary/aromatic N) is 6. The smallest absolute Gasteiger partial charge is 0.278 e. The van der Waals surface area contributed by atoms with Crippen LogP contribution in [0.2, 0.25) is 0 Å². The Labute approximate surface area is 173 Å². The van der Waals surface area contributed by atoms with Crippen LogP contribution in [0.3, 0.4) is 0 Å². The number of carbonyl (C=O) groups excluding carboxylic acids is 1. The third-order valence-electron chi connectivity index (χ3n) is 5.25. The van der Waals surface area contributed by atoms with Crippen LogP contribution in [-0.2, 0) is 7.05 Å². The van der Waals surface area contributed by atoms with E-state index in [1.54, 1.807) is 11.0 Å². The lowest BCUT2D eigenvalue weighted by atomic mass is 10.1. The van der Waals surface area contributed by atoms with Crippen LogP contribution in [0, 0.1) is 6.92 Å². The van der Waals surface area contributed by atoms with Crippen LogP contribution in [0.4, 0.5) is 5.69 Å². The molecule has 30 heavy (non-hydrogen) atoms. The highest BCUT2D eigenvalue weighted by molar-refractivity contribution is 6.04. The van der Waals surface area contributed by atoms with E-state index in [0.29, 0.717) is 17.3 Å². The number of amides is 1. The second-order valence-corrected chi connectivity index (χ2v) is 7.65. The molecule has 0 aliphatic heterocycles. The Morgan fingerprint density at radius 1 is 1.10 bits per heavy atom. The van der Waals surface area contributed by atoms with Gasteiger partial charge in [0.2, 0.25) is 0 Å². The molecule has 5 rings (SSSR count). The Hall–Kier alpha value is -3.81. The van der Waals surface area contributed by atoms with Crippen LogP contribution < -0.4 is 5.32 Å². The molecule has 2 aromatic heterocycles. The lowest BCUT2D eigenvalue weighted by molar-refractivity contribution is 0.102. The van der Waals surface area contributed by atoms with Crippen molar-refractivity contribution in [2.45, 2.75) is 25.7 Å². The van der Waals surface area contributed by atoms with Crippen LogP contribution in [-0.4, -0.2) is 35.7 Å². The van der Waals surface area contributed by atoms with Crippen LogP contribution in [0.5, 0.6) is 0 Å². The number of aromatic nitrogens is 6. The van der Waals surface area contributed by atoms with Crippen molar-refractivity contribution < 1.29 is 4.79 Å². The number of anilines is 1. The molecule has 2 aromatic carbocycles. The predicted octanol–water partition coefficient (Wildman–Crippen LogP) is 3.50. The molecule has 1 fully saturated rings. The van der Waals surface area contributed by atoms with Gasteiger partial charge in [-0.3, -0.25) is 4.79 Å². The molecular formula is C22H21N7O. The monoisotopic (exact) mass is 399 g/mol. The van der Waals surface area contributed by atoms with Crippen molar-refractivity contribution in [3.8, 4) is 17.1 Å². The molecule has 1 amide bonds. The van der Waals surface area contributed by atoms with Gasteiger partial charge in [-0.05, 0) is 44.0 Å². The number of carbonyl (C=O) groups is 1. The summed E-state index contributed by atoms with van der Waals surface area (Å²) < 4.78 is 3.63. The summed E-state index contributed by atoms with van der Waals surface area (Å²) in [5, 5.41) is 19.5. The Morgan fingerprint density at radius 2 is 1.90 bits per heavy atom. The summed E-state index contributed by atoms with van der Waals surface area (Å²) in [4.78, 5) is 13.1. The Kier molecular flexibility index (Phi) is 4.39. The van der Waals surface area contributed by atoms with Gasteiger partial charge in [0.05, 0.1) is 11.4 Å². The summed E-state index contributed by atoms with van der Waals surface area (Å²) in [6.45, 7) is 2.04. The Bertz CT molecular complexity index is 1220. The van der Waals surface area contributed by atoms with Crippen molar-refractivity contribution in [3.05, 3.63) is 71.8 Å². The van der Waals surface area contributed by atoms with E-state index >= 15 is 0 Å². The molecule has 0 unspecified atom stereocenters. The quantitative estimate of drug-likeness (QED) is 0.555. The Balaban J connectivity index is 1.45. The van der Waals surface area contributed by atoms with Gasteiger partial charge in [-0.1, -0.05) is 35.0 Å². The van der Waals surface area contributed by atoms with Gasteiger partial charge in [-0.15, -0.1) is 15.3 Å². The van der Waals surface area contributed by atoms with Crippen molar-refractivity contribution in [2.75, 3.05) is 5.32 Å². The average Bonchev–Trinajstić information content (AvgIpc) is 3.33. The average molecular weight is 399 g/mol. The normalized spacial score (nSPS) is 13.4. The standard InChI is InChI=1S/C22H21N7O/c1-14-6-10-18(11-7-14)29-20(15-8-9-15)19(25-27-29)22(30)24-17-5-3-4-16(12-17)21-26-23-13-28(21)2/h3-7,10-13,15H,8-9H2,1-2H3,(H,24,30). The maximum Gasteiger partial charge on any atom is 0.278 e. The first-order chi connectivity index (χ1) is 14.6. The SMILES string of the molecule is Cc1ccc(-n2nnc(C(=O)Nc3cccc(-c4nncn4C)c3)c2C2CC2)cc1. The van der Waals surface area contributed by atoms with Gasteiger partial charge in [-0.2, -0.15) is 0 Å². The molecule has 0 radical (unpaired) electrons. The molecule has 2 heterocycles. The van der Waals surface area contributed by atoms with Crippen molar-refractivity contribution in [2.24, 2.45) is 7.05 Å². The second-order valence-electron chi connectivity index (χ2n) is 7.65. The van der Waals surface area contributed by atoms with E-state index in [2.05, 4.69) is 25.8 Å². The fourth-order valence-corrected chi connectivity index (χ4v) is 3.52. The van der Waals surface area contributed by atoms with Crippen molar-refractivity contribution in [3.63, 3.8) is 0 Å². The largest absolute Gasteiger partial charge is 0.321 e. The first kappa shape index (κ1) is 18.2. The van der Waals surface area contributed by atoms with Gasteiger partial charge in [0.25, 0.3) is 5.91 Å². The fourth-order valence-electron chi connectivity index (χ4n) is 3.52. The van der Waals surface area contributed by atoms with Gasteiger partial charge >= 0.3 is 0 Å². The second kappa shape index (κ2) is 7.22. The highest BCUT2D eigenvalue weighted by Gasteiger charge is 2.34. The summed E-state index contributed by atoms with van der Waals surface area (Å²) >= 11 is 0. The Morgan fingerprint density at radius 3 is 2.60 bits per heavy atom. The van der Waals surface area contributed by atoms with Crippen molar-refractivity contribution in [1.29, 1.82) is 0 Å². The van der Waals surface area contributed by atoms with Gasteiger partial charge in [0.15, 0.2) is 11.5 Å². The molecular weight excluding hydrogens is 378 g/mol. The topological polar surface area (TPSA) is 90.5 Å². The van der Waals surface area contributed by atoms with Crippen LogP contribution in [0.1, 0.15) is 40.5 Å². The minimum absolute atomic E-state index is 0.259. The highest BCUT2D eigenvalue weighted by Crippen LogP contribution is 2.42. The zero-order valence-electron chi connectivity index (χ0n) is 16.8. The van der Waals surface area contributed by atoms with E-state index < -0.39 is 0 Å². The van der Waals surface area contributed by atoms with E-state index in [9.17, 15) is 4.79 Å². The van der Waals surface area contributed by atoms with Crippen molar-refractivity contribution >= 4 is 11.6 Å². The first-order valence-electron chi connectivity index (χ1n) is 9.88. The molecule has 0 bridgehead atoms. The molecule has 8 nitrogen and oxygen atoms in total. The maximum absolute atomic E-state index is 13.1. The molecule has 0 spiro atoms. The minimum atomic E-state index is -0.259. The summed E-state index contributed by atoms with van der Waals surface area (Å²) in [5.74, 6) is 0.785. The van der Waals surface area contributed by atoms with E-state index in [1.165, 1.54) is 5.56 Å². The van der Waals surface area contributed by atoms with Crippen LogP contribution in [0.25, 0.3) is 17.1 Å². The summed E-state index contributed by atoms with van der Waals surface area (Å²) in [6.07, 6.45) is 3.73.